The van der Waals surface area contributed by atoms with E-state index in [4.69, 9.17) is 4.74 Å². The summed E-state index contributed by atoms with van der Waals surface area (Å²) in [5, 5.41) is 0. The SMILES string of the molecule is Cc1ccc(C(=O)CCOCCC(C)C)cc1. The molecule has 0 fully saturated rings. The number of hydrogen-bond donors (Lipinski definition) is 0. The molecule has 0 saturated carbocycles. The van der Waals surface area contributed by atoms with Crippen molar-refractivity contribution in [3.05, 3.63) is 35.4 Å². The standard InChI is InChI=1S/C15H22O2/c1-12(2)8-10-17-11-9-15(16)14-6-4-13(3)5-7-14/h4-7,12H,8-11H2,1-3H3. The average Bonchev–Trinajstić information content (AvgIpc) is 2.29. The fourth-order valence-corrected chi connectivity index (χ4v) is 1.47. The highest BCUT2D eigenvalue weighted by molar-refractivity contribution is 5.96. The smallest absolute Gasteiger partial charge is 0.165 e. The molecule has 0 unspecified atom stereocenters. The van der Waals surface area contributed by atoms with Gasteiger partial charge in [-0.25, -0.2) is 0 Å². The third-order valence-corrected chi connectivity index (χ3v) is 2.69. The second-order valence-corrected chi connectivity index (χ2v) is 4.83. The lowest BCUT2D eigenvalue weighted by atomic mass is 10.1. The van der Waals surface area contributed by atoms with Gasteiger partial charge in [-0.15, -0.1) is 0 Å². The van der Waals surface area contributed by atoms with Crippen molar-refractivity contribution in [2.45, 2.75) is 33.6 Å². The monoisotopic (exact) mass is 234 g/mol. The summed E-state index contributed by atoms with van der Waals surface area (Å²) in [7, 11) is 0. The Bertz CT molecular complexity index is 338. The molecular formula is C15H22O2. The molecule has 0 aliphatic rings. The normalized spacial score (nSPS) is 10.8. The van der Waals surface area contributed by atoms with Gasteiger partial charge < -0.3 is 4.74 Å². The number of Topliss-reactive ketones (excluding diaryl/α,β-unsaturated/α-hetero) is 1. The van der Waals surface area contributed by atoms with Crippen molar-refractivity contribution in [3.63, 3.8) is 0 Å². The van der Waals surface area contributed by atoms with Crippen LogP contribution in [-0.2, 0) is 4.74 Å². The summed E-state index contributed by atoms with van der Waals surface area (Å²) in [5.74, 6) is 0.817. The molecule has 0 saturated heterocycles. The van der Waals surface area contributed by atoms with E-state index in [1.54, 1.807) is 0 Å². The maximum atomic E-state index is 11.8. The first-order valence-corrected chi connectivity index (χ1v) is 6.27. The summed E-state index contributed by atoms with van der Waals surface area (Å²) >= 11 is 0. The zero-order valence-corrected chi connectivity index (χ0v) is 11.0. The fourth-order valence-electron chi connectivity index (χ4n) is 1.47. The third-order valence-electron chi connectivity index (χ3n) is 2.69. The Balaban J connectivity index is 2.23. The van der Waals surface area contributed by atoms with Gasteiger partial charge in [0.1, 0.15) is 0 Å². The van der Waals surface area contributed by atoms with E-state index in [9.17, 15) is 4.79 Å². The molecule has 0 aromatic heterocycles. The highest BCUT2D eigenvalue weighted by Crippen LogP contribution is 2.06. The van der Waals surface area contributed by atoms with Gasteiger partial charge in [0.2, 0.25) is 0 Å². The van der Waals surface area contributed by atoms with Crippen LogP contribution in [0.2, 0.25) is 0 Å². The van der Waals surface area contributed by atoms with E-state index >= 15 is 0 Å². The summed E-state index contributed by atoms with van der Waals surface area (Å²) in [5.41, 5.74) is 1.96. The highest BCUT2D eigenvalue weighted by atomic mass is 16.5. The number of benzene rings is 1. The topological polar surface area (TPSA) is 26.3 Å². The molecule has 0 heterocycles. The van der Waals surface area contributed by atoms with Crippen molar-refractivity contribution in [2.24, 2.45) is 5.92 Å². The van der Waals surface area contributed by atoms with Gasteiger partial charge in [-0.2, -0.15) is 0 Å². The predicted octanol–water partition coefficient (Wildman–Crippen LogP) is 3.63. The van der Waals surface area contributed by atoms with Gasteiger partial charge in [-0.3, -0.25) is 4.79 Å². The Morgan fingerprint density at radius 2 is 1.82 bits per heavy atom. The summed E-state index contributed by atoms with van der Waals surface area (Å²) < 4.78 is 5.44. The van der Waals surface area contributed by atoms with E-state index in [0.29, 0.717) is 18.9 Å². The largest absolute Gasteiger partial charge is 0.381 e. The first kappa shape index (κ1) is 13.9. The molecule has 1 aromatic rings. The van der Waals surface area contributed by atoms with Crippen molar-refractivity contribution in [1.82, 2.24) is 0 Å². The van der Waals surface area contributed by atoms with Gasteiger partial charge in [0, 0.05) is 18.6 Å². The number of hydrogen-bond acceptors (Lipinski definition) is 2. The summed E-state index contributed by atoms with van der Waals surface area (Å²) in [6.45, 7) is 7.63. The van der Waals surface area contributed by atoms with Gasteiger partial charge in [0.05, 0.1) is 6.61 Å². The lowest BCUT2D eigenvalue weighted by Gasteiger charge is -2.06. The van der Waals surface area contributed by atoms with Gasteiger partial charge in [-0.1, -0.05) is 43.7 Å². The molecule has 0 atom stereocenters. The maximum Gasteiger partial charge on any atom is 0.165 e. The quantitative estimate of drug-likeness (QED) is 0.532. The Labute approximate surface area is 104 Å². The van der Waals surface area contributed by atoms with Crippen LogP contribution in [0.1, 0.15) is 42.6 Å². The first-order chi connectivity index (χ1) is 8.09. The number of rotatable bonds is 7. The maximum absolute atomic E-state index is 11.8. The van der Waals surface area contributed by atoms with Crippen molar-refractivity contribution < 1.29 is 9.53 Å². The van der Waals surface area contributed by atoms with Crippen LogP contribution in [0.5, 0.6) is 0 Å². The van der Waals surface area contributed by atoms with Gasteiger partial charge >= 0.3 is 0 Å². The zero-order valence-electron chi connectivity index (χ0n) is 11.0. The minimum Gasteiger partial charge on any atom is -0.381 e. The van der Waals surface area contributed by atoms with Crippen LogP contribution in [-0.4, -0.2) is 19.0 Å². The van der Waals surface area contributed by atoms with E-state index in [1.165, 1.54) is 5.56 Å². The molecule has 1 rings (SSSR count). The summed E-state index contributed by atoms with van der Waals surface area (Å²) in [4.78, 5) is 11.8. The Morgan fingerprint density at radius 1 is 1.18 bits per heavy atom. The predicted molar refractivity (Wildman–Crippen MR) is 70.4 cm³/mol. The van der Waals surface area contributed by atoms with Crippen LogP contribution < -0.4 is 0 Å². The molecule has 0 radical (unpaired) electrons. The van der Waals surface area contributed by atoms with Crippen LogP contribution in [0.25, 0.3) is 0 Å². The molecule has 0 aliphatic carbocycles. The third kappa shape index (κ3) is 5.64. The molecule has 0 amide bonds. The van der Waals surface area contributed by atoms with Crippen molar-refractivity contribution in [1.29, 1.82) is 0 Å². The molecule has 2 nitrogen and oxygen atoms in total. The Hall–Kier alpha value is -1.15. The Morgan fingerprint density at radius 3 is 2.41 bits per heavy atom. The van der Waals surface area contributed by atoms with E-state index in [-0.39, 0.29) is 5.78 Å². The molecule has 0 spiro atoms. The number of ether oxygens (including phenoxy) is 1. The van der Waals surface area contributed by atoms with E-state index < -0.39 is 0 Å². The van der Waals surface area contributed by atoms with Crippen LogP contribution in [0.3, 0.4) is 0 Å². The van der Waals surface area contributed by atoms with Gasteiger partial charge in [0.15, 0.2) is 5.78 Å². The van der Waals surface area contributed by atoms with Crippen LogP contribution in [0.4, 0.5) is 0 Å². The fraction of sp³-hybridized carbons (Fsp3) is 0.533. The summed E-state index contributed by atoms with van der Waals surface area (Å²) in [6.07, 6.45) is 1.53. The second-order valence-electron chi connectivity index (χ2n) is 4.83. The zero-order chi connectivity index (χ0) is 12.7. The van der Waals surface area contributed by atoms with Crippen LogP contribution in [0.15, 0.2) is 24.3 Å². The minimum atomic E-state index is 0.162. The van der Waals surface area contributed by atoms with E-state index in [2.05, 4.69) is 13.8 Å². The number of ketones is 1. The number of aryl methyl sites for hydroxylation is 1. The molecule has 1 aromatic carbocycles. The number of carbonyl (C=O) groups is 1. The molecule has 2 heteroatoms. The molecule has 17 heavy (non-hydrogen) atoms. The molecule has 94 valence electrons. The van der Waals surface area contributed by atoms with Crippen LogP contribution >= 0.6 is 0 Å². The molecule has 0 aliphatic heterocycles. The number of carbonyl (C=O) groups excluding carboxylic acids is 1. The van der Waals surface area contributed by atoms with Gasteiger partial charge in [0.25, 0.3) is 0 Å². The Kier molecular flexibility index (Phi) is 5.92. The second kappa shape index (κ2) is 7.23. The van der Waals surface area contributed by atoms with Gasteiger partial charge in [-0.05, 0) is 19.3 Å². The first-order valence-electron chi connectivity index (χ1n) is 6.27. The molecular weight excluding hydrogens is 212 g/mol. The van der Waals surface area contributed by atoms with E-state index in [1.807, 2.05) is 31.2 Å². The van der Waals surface area contributed by atoms with Crippen molar-refractivity contribution in [3.8, 4) is 0 Å². The minimum absolute atomic E-state index is 0.162. The summed E-state index contributed by atoms with van der Waals surface area (Å²) in [6, 6.07) is 7.69. The lowest BCUT2D eigenvalue weighted by Crippen LogP contribution is -2.06. The van der Waals surface area contributed by atoms with Crippen LogP contribution in [0, 0.1) is 12.8 Å². The van der Waals surface area contributed by atoms with Crippen molar-refractivity contribution >= 4 is 5.78 Å². The van der Waals surface area contributed by atoms with E-state index in [0.717, 1.165) is 18.6 Å². The molecule has 0 N–H and O–H groups in total. The van der Waals surface area contributed by atoms with Crippen molar-refractivity contribution in [2.75, 3.05) is 13.2 Å². The molecule has 0 bridgehead atoms. The highest BCUT2D eigenvalue weighted by Gasteiger charge is 2.05. The average molecular weight is 234 g/mol. The lowest BCUT2D eigenvalue weighted by molar-refractivity contribution is 0.0861.